The molecule has 1 aliphatic rings. The van der Waals surface area contributed by atoms with E-state index < -0.39 is 0 Å². The van der Waals surface area contributed by atoms with Crippen LogP contribution in [0, 0.1) is 0 Å². The van der Waals surface area contributed by atoms with Crippen LogP contribution in [0.4, 0.5) is 5.13 Å². The maximum absolute atomic E-state index is 12.4. The number of carbonyl (C=O) groups is 1. The van der Waals surface area contributed by atoms with E-state index in [2.05, 4.69) is 21.4 Å². The van der Waals surface area contributed by atoms with Gasteiger partial charge < -0.3 is 9.80 Å². The third-order valence-electron chi connectivity index (χ3n) is 4.74. The van der Waals surface area contributed by atoms with Crippen molar-refractivity contribution in [2.75, 3.05) is 31.1 Å². The Hall–Kier alpha value is -2.99. The normalized spacial score (nSPS) is 14.6. The minimum Gasteiger partial charge on any atom is -0.343 e. The number of rotatable bonds is 5. The number of hydrogen-bond acceptors (Lipinski definition) is 5. The van der Waals surface area contributed by atoms with Crippen LogP contribution in [0.2, 0.25) is 0 Å². The maximum atomic E-state index is 12.4. The van der Waals surface area contributed by atoms with Crippen molar-refractivity contribution in [3.05, 3.63) is 83.7 Å². The highest BCUT2D eigenvalue weighted by molar-refractivity contribution is 7.09. The molecule has 1 aromatic heterocycles. The van der Waals surface area contributed by atoms with E-state index in [1.165, 1.54) is 17.1 Å². The van der Waals surface area contributed by atoms with Gasteiger partial charge >= 0.3 is 0 Å². The molecule has 0 bridgehead atoms. The number of anilines is 1. The summed E-state index contributed by atoms with van der Waals surface area (Å²) in [6.45, 7) is 2.97. The van der Waals surface area contributed by atoms with E-state index in [-0.39, 0.29) is 5.91 Å². The van der Waals surface area contributed by atoms with Crippen LogP contribution in [0.5, 0.6) is 0 Å². The quantitative estimate of drug-likeness (QED) is 0.626. The molecule has 28 heavy (non-hydrogen) atoms. The summed E-state index contributed by atoms with van der Waals surface area (Å²) in [6, 6.07) is 20.1. The molecule has 0 saturated carbocycles. The fourth-order valence-electron chi connectivity index (χ4n) is 3.18. The number of amides is 1. The molecular weight excluding hydrogens is 368 g/mol. The van der Waals surface area contributed by atoms with Gasteiger partial charge in [-0.25, -0.2) is 4.98 Å². The lowest BCUT2D eigenvalue weighted by Crippen LogP contribution is -2.48. The van der Waals surface area contributed by atoms with Crippen molar-refractivity contribution in [3.8, 4) is 0 Å². The predicted octanol–water partition coefficient (Wildman–Crippen LogP) is 3.49. The largest absolute Gasteiger partial charge is 0.343 e. The maximum Gasteiger partial charge on any atom is 0.246 e. The fourth-order valence-corrected chi connectivity index (χ4v) is 3.92. The van der Waals surface area contributed by atoms with Gasteiger partial charge in [0.25, 0.3) is 0 Å². The van der Waals surface area contributed by atoms with Crippen LogP contribution in [0.1, 0.15) is 17.0 Å². The van der Waals surface area contributed by atoms with Crippen LogP contribution in [0.3, 0.4) is 0 Å². The Morgan fingerprint density at radius 1 is 0.964 bits per heavy atom. The van der Waals surface area contributed by atoms with E-state index in [9.17, 15) is 4.79 Å². The second kappa shape index (κ2) is 8.80. The standard InChI is InChI=1S/C22H22N4OS/c27-21(12-11-18-7-3-1-4-8-18)25-13-15-26(16-14-25)22-23-20(24-28-22)17-19-9-5-2-6-10-19/h1-12H,13-17H2. The number of aromatic nitrogens is 2. The van der Waals surface area contributed by atoms with Crippen molar-refractivity contribution in [1.82, 2.24) is 14.3 Å². The van der Waals surface area contributed by atoms with E-state index in [1.807, 2.05) is 59.5 Å². The molecule has 3 aromatic rings. The Morgan fingerprint density at radius 3 is 2.36 bits per heavy atom. The molecule has 0 spiro atoms. The molecule has 2 heterocycles. The summed E-state index contributed by atoms with van der Waals surface area (Å²) in [6.07, 6.45) is 4.28. The van der Waals surface area contributed by atoms with Crippen LogP contribution in [0.15, 0.2) is 66.7 Å². The Labute approximate surface area is 169 Å². The number of hydrogen-bond donors (Lipinski definition) is 0. The molecule has 0 unspecified atom stereocenters. The lowest BCUT2D eigenvalue weighted by molar-refractivity contribution is -0.126. The van der Waals surface area contributed by atoms with Crippen molar-refractivity contribution in [1.29, 1.82) is 0 Å². The molecule has 5 nitrogen and oxygen atoms in total. The summed E-state index contributed by atoms with van der Waals surface area (Å²) in [7, 11) is 0. The third-order valence-corrected chi connectivity index (χ3v) is 5.56. The summed E-state index contributed by atoms with van der Waals surface area (Å²) in [5, 5.41) is 0.942. The van der Waals surface area contributed by atoms with Gasteiger partial charge in [0.05, 0.1) is 0 Å². The molecule has 1 saturated heterocycles. The SMILES string of the molecule is O=C(C=Cc1ccccc1)N1CCN(c2nc(Cc3ccccc3)ns2)CC1. The Kier molecular flexibility index (Phi) is 5.77. The molecule has 142 valence electrons. The van der Waals surface area contributed by atoms with Crippen molar-refractivity contribution >= 4 is 28.6 Å². The van der Waals surface area contributed by atoms with Crippen LogP contribution >= 0.6 is 11.5 Å². The first kappa shape index (κ1) is 18.4. The van der Waals surface area contributed by atoms with Gasteiger partial charge in [0.15, 0.2) is 0 Å². The van der Waals surface area contributed by atoms with Gasteiger partial charge in [-0.1, -0.05) is 60.7 Å². The van der Waals surface area contributed by atoms with E-state index in [0.717, 1.165) is 36.0 Å². The molecule has 4 rings (SSSR count). The zero-order valence-electron chi connectivity index (χ0n) is 15.6. The molecule has 1 aliphatic heterocycles. The number of carbonyl (C=O) groups excluding carboxylic acids is 1. The molecule has 0 radical (unpaired) electrons. The summed E-state index contributed by atoms with van der Waals surface area (Å²) in [5.74, 6) is 0.918. The van der Waals surface area contributed by atoms with Crippen LogP contribution in [-0.4, -0.2) is 46.3 Å². The minimum absolute atomic E-state index is 0.0607. The first-order valence-electron chi connectivity index (χ1n) is 9.41. The van der Waals surface area contributed by atoms with Gasteiger partial charge in [-0.2, -0.15) is 4.37 Å². The molecular formula is C22H22N4OS. The molecule has 0 aliphatic carbocycles. The van der Waals surface area contributed by atoms with Gasteiger partial charge in [0, 0.05) is 50.2 Å². The highest BCUT2D eigenvalue weighted by Gasteiger charge is 2.22. The average molecular weight is 391 g/mol. The van der Waals surface area contributed by atoms with Gasteiger partial charge in [0.2, 0.25) is 11.0 Å². The monoisotopic (exact) mass is 390 g/mol. The van der Waals surface area contributed by atoms with Gasteiger partial charge in [-0.05, 0) is 17.2 Å². The summed E-state index contributed by atoms with van der Waals surface area (Å²) in [5.41, 5.74) is 2.25. The van der Waals surface area contributed by atoms with E-state index >= 15 is 0 Å². The molecule has 1 fully saturated rings. The van der Waals surface area contributed by atoms with Gasteiger partial charge in [-0.3, -0.25) is 4.79 Å². The van der Waals surface area contributed by atoms with E-state index in [4.69, 9.17) is 4.98 Å². The van der Waals surface area contributed by atoms with Crippen LogP contribution in [-0.2, 0) is 11.2 Å². The highest BCUT2D eigenvalue weighted by atomic mass is 32.1. The highest BCUT2D eigenvalue weighted by Crippen LogP contribution is 2.20. The minimum atomic E-state index is 0.0607. The zero-order chi connectivity index (χ0) is 19.2. The predicted molar refractivity (Wildman–Crippen MR) is 113 cm³/mol. The molecule has 0 N–H and O–H groups in total. The molecule has 0 atom stereocenters. The van der Waals surface area contributed by atoms with Gasteiger partial charge in [0.1, 0.15) is 5.82 Å². The topological polar surface area (TPSA) is 49.3 Å². The Bertz CT molecular complexity index is 931. The van der Waals surface area contributed by atoms with Gasteiger partial charge in [-0.15, -0.1) is 0 Å². The number of piperazine rings is 1. The second-order valence-corrected chi connectivity index (χ2v) is 7.44. The summed E-state index contributed by atoms with van der Waals surface area (Å²) < 4.78 is 4.50. The van der Waals surface area contributed by atoms with Crippen LogP contribution < -0.4 is 4.90 Å². The summed E-state index contributed by atoms with van der Waals surface area (Å²) >= 11 is 1.44. The molecule has 1 amide bonds. The van der Waals surface area contributed by atoms with E-state index in [0.29, 0.717) is 13.1 Å². The average Bonchev–Trinajstić information content (AvgIpc) is 3.22. The lowest BCUT2D eigenvalue weighted by Gasteiger charge is -2.33. The van der Waals surface area contributed by atoms with Crippen molar-refractivity contribution in [3.63, 3.8) is 0 Å². The fraction of sp³-hybridized carbons (Fsp3) is 0.227. The molecule has 2 aromatic carbocycles. The number of benzene rings is 2. The van der Waals surface area contributed by atoms with Crippen molar-refractivity contribution in [2.45, 2.75) is 6.42 Å². The summed E-state index contributed by atoms with van der Waals surface area (Å²) in [4.78, 5) is 21.2. The third kappa shape index (κ3) is 4.64. The van der Waals surface area contributed by atoms with Crippen molar-refractivity contribution in [2.24, 2.45) is 0 Å². The number of nitrogens with zero attached hydrogens (tertiary/aromatic N) is 4. The smallest absolute Gasteiger partial charge is 0.246 e. The van der Waals surface area contributed by atoms with E-state index in [1.54, 1.807) is 6.08 Å². The first-order valence-corrected chi connectivity index (χ1v) is 10.2. The lowest BCUT2D eigenvalue weighted by atomic mass is 10.1. The Morgan fingerprint density at radius 2 is 1.64 bits per heavy atom. The first-order chi connectivity index (χ1) is 13.8. The zero-order valence-corrected chi connectivity index (χ0v) is 16.4. The van der Waals surface area contributed by atoms with Crippen molar-refractivity contribution < 1.29 is 4.79 Å². The van der Waals surface area contributed by atoms with Crippen LogP contribution in [0.25, 0.3) is 6.08 Å². The molecule has 6 heteroatoms. The Balaban J connectivity index is 1.30. The second-order valence-electron chi connectivity index (χ2n) is 6.71.